The zero-order valence-corrected chi connectivity index (χ0v) is 45.8. The van der Waals surface area contributed by atoms with Crippen molar-refractivity contribution in [1.29, 1.82) is 0 Å². The van der Waals surface area contributed by atoms with Gasteiger partial charge in [0, 0.05) is 80.7 Å². The monoisotopic (exact) mass is 1100 g/mol. The van der Waals surface area contributed by atoms with Crippen molar-refractivity contribution in [3.63, 3.8) is 0 Å². The van der Waals surface area contributed by atoms with Crippen LogP contribution in [0.25, 0.3) is 11.1 Å². The predicted molar refractivity (Wildman–Crippen MR) is 291 cm³/mol. The standard InChI is InChI=1S/C57H76F2N10O10/c1-35(27-49(73)36(2)64-51(75)28-38-19-24-62-25-20-38)54(77)67-46(31-50(61)74)56(79)66-45(55(78)63-23-12-16-48(72)44(65-37(3)71)15-10-11-22-60)21-26-69(52(76)34-70)53(57(4,5)6)47-29-40(42-30-41(58)17-18-43(42)59)33-68(47)32-39-13-8-7-9-14-39/h7-9,13-14,17-20,24-25,29-30,33,35-36,44-46,53,70H,10-12,15-16,21-23,26-28,31-32,34,60H2,1-6H3,(H2,61,74)(H,63,78)(H,64,75)(H,65,71)(H,66,79)(H,67,77)/t35-,36-,44-,45-,46-,53-/m0/s1. The lowest BCUT2D eigenvalue weighted by molar-refractivity contribution is -0.140. The van der Waals surface area contributed by atoms with Gasteiger partial charge in [-0.2, -0.15) is 0 Å². The fourth-order valence-electron chi connectivity index (χ4n) is 9.09. The molecular formula is C57H76F2N10O10. The summed E-state index contributed by atoms with van der Waals surface area (Å²) in [6, 6.07) is 11.3. The number of halogens is 2. The van der Waals surface area contributed by atoms with E-state index in [9.17, 15) is 52.6 Å². The fraction of sp³-hybridized carbons (Fsp3) is 0.474. The van der Waals surface area contributed by atoms with Gasteiger partial charge < -0.3 is 52.6 Å². The fourth-order valence-corrected chi connectivity index (χ4v) is 9.09. The van der Waals surface area contributed by atoms with E-state index in [0.717, 1.165) is 23.8 Å². The highest BCUT2D eigenvalue weighted by molar-refractivity contribution is 5.97. The zero-order chi connectivity index (χ0) is 58.4. The van der Waals surface area contributed by atoms with Gasteiger partial charge in [-0.3, -0.25) is 48.1 Å². The first-order chi connectivity index (χ1) is 37.4. The lowest BCUT2D eigenvalue weighted by Gasteiger charge is -2.41. The van der Waals surface area contributed by atoms with Crippen LogP contribution in [-0.2, 0) is 56.1 Å². The summed E-state index contributed by atoms with van der Waals surface area (Å²) in [7, 11) is 0. The summed E-state index contributed by atoms with van der Waals surface area (Å²) in [5.41, 5.74) is 12.5. The first-order valence-corrected chi connectivity index (χ1v) is 26.4. The van der Waals surface area contributed by atoms with Crippen LogP contribution < -0.4 is 38.1 Å². The minimum atomic E-state index is -1.68. The summed E-state index contributed by atoms with van der Waals surface area (Å²) in [5, 5.41) is 23.6. The molecule has 2 aromatic carbocycles. The molecule has 0 radical (unpaired) electrons. The molecule has 79 heavy (non-hydrogen) atoms. The van der Waals surface area contributed by atoms with Crippen molar-refractivity contribution in [3.8, 4) is 11.1 Å². The minimum Gasteiger partial charge on any atom is -0.387 e. The van der Waals surface area contributed by atoms with E-state index in [1.54, 1.807) is 29.0 Å². The van der Waals surface area contributed by atoms with Crippen LogP contribution in [0.4, 0.5) is 8.78 Å². The third kappa shape index (κ3) is 20.5. The van der Waals surface area contributed by atoms with Crippen LogP contribution in [0.1, 0.15) is 116 Å². The first kappa shape index (κ1) is 63.8. The summed E-state index contributed by atoms with van der Waals surface area (Å²) in [5.74, 6) is -8.57. The van der Waals surface area contributed by atoms with Gasteiger partial charge in [-0.1, -0.05) is 58.0 Å². The van der Waals surface area contributed by atoms with Crippen LogP contribution in [-0.4, -0.2) is 123 Å². The second-order valence-electron chi connectivity index (χ2n) is 20.8. The number of carbonyl (C=O) groups excluding carboxylic acids is 9. The van der Waals surface area contributed by atoms with E-state index < -0.39 is 113 Å². The number of nitrogens with zero attached hydrogens (tertiary/aromatic N) is 3. The van der Waals surface area contributed by atoms with E-state index in [4.69, 9.17) is 11.5 Å². The van der Waals surface area contributed by atoms with Crippen LogP contribution >= 0.6 is 0 Å². The van der Waals surface area contributed by atoms with Crippen molar-refractivity contribution < 1.29 is 57.0 Å². The lowest BCUT2D eigenvalue weighted by atomic mass is 9.82. The van der Waals surface area contributed by atoms with Crippen molar-refractivity contribution in [2.24, 2.45) is 22.8 Å². The Morgan fingerprint density at radius 3 is 2.08 bits per heavy atom. The molecule has 20 nitrogen and oxygen atoms in total. The lowest BCUT2D eigenvalue weighted by Crippen LogP contribution is -2.56. The summed E-state index contributed by atoms with van der Waals surface area (Å²) in [6.45, 7) is 8.83. The van der Waals surface area contributed by atoms with Gasteiger partial charge in [0.05, 0.1) is 31.0 Å². The van der Waals surface area contributed by atoms with Gasteiger partial charge in [0.25, 0.3) is 0 Å². The summed E-state index contributed by atoms with van der Waals surface area (Å²) in [4.78, 5) is 125. The molecule has 0 fully saturated rings. The molecule has 10 N–H and O–H groups in total. The number of hydrogen-bond acceptors (Lipinski definition) is 12. The molecule has 0 saturated heterocycles. The van der Waals surface area contributed by atoms with Gasteiger partial charge in [0.15, 0.2) is 11.6 Å². The van der Waals surface area contributed by atoms with E-state index >= 15 is 4.39 Å². The van der Waals surface area contributed by atoms with Gasteiger partial charge in [-0.05, 0) is 98.5 Å². The number of carbonyl (C=O) groups is 9. The molecule has 428 valence electrons. The predicted octanol–water partition coefficient (Wildman–Crippen LogP) is 3.46. The first-order valence-electron chi connectivity index (χ1n) is 26.4. The number of ketones is 2. The highest BCUT2D eigenvalue weighted by Gasteiger charge is 2.39. The molecule has 4 rings (SSSR count). The van der Waals surface area contributed by atoms with Crippen molar-refractivity contribution in [1.82, 2.24) is 41.0 Å². The molecule has 0 aliphatic carbocycles. The number of rotatable bonds is 32. The zero-order valence-electron chi connectivity index (χ0n) is 45.8. The Morgan fingerprint density at radius 2 is 1.44 bits per heavy atom. The van der Waals surface area contributed by atoms with E-state index in [1.807, 2.05) is 51.1 Å². The smallest absolute Gasteiger partial charge is 0.248 e. The highest BCUT2D eigenvalue weighted by atomic mass is 19.1. The molecule has 6 atom stereocenters. The normalized spacial score (nSPS) is 13.6. The number of amides is 7. The van der Waals surface area contributed by atoms with Crippen LogP contribution in [0, 0.1) is 23.0 Å². The molecule has 0 aliphatic rings. The molecule has 4 aromatic rings. The third-order valence-electron chi connectivity index (χ3n) is 13.1. The van der Waals surface area contributed by atoms with Crippen molar-refractivity contribution in [2.75, 3.05) is 26.2 Å². The maximum absolute atomic E-state index is 15.4. The van der Waals surface area contributed by atoms with Gasteiger partial charge in [-0.25, -0.2) is 8.78 Å². The SMILES string of the molecule is CC(=O)N[C@@H](CCCCN)C(=O)CCCNC(=O)[C@H](CCN(C(=O)CO)[C@@H](c1cc(-c2cc(F)ccc2F)cn1Cc1ccccc1)C(C)(C)C)NC(=O)[C@H](CC(N)=O)NC(=O)[C@@H](C)CC(=O)[C@H](C)NC(=O)Cc1ccncc1. The number of benzene rings is 2. The Hall–Kier alpha value is -7.72. The summed E-state index contributed by atoms with van der Waals surface area (Å²) >= 11 is 0. The van der Waals surface area contributed by atoms with Crippen LogP contribution in [0.5, 0.6) is 0 Å². The molecule has 2 aromatic heterocycles. The molecule has 0 saturated carbocycles. The van der Waals surface area contributed by atoms with Gasteiger partial charge >= 0.3 is 0 Å². The number of pyridine rings is 1. The van der Waals surface area contributed by atoms with Crippen LogP contribution in [0.3, 0.4) is 0 Å². The Morgan fingerprint density at radius 1 is 0.759 bits per heavy atom. The number of aliphatic hydroxyl groups excluding tert-OH is 1. The van der Waals surface area contributed by atoms with Gasteiger partial charge in [-0.15, -0.1) is 0 Å². The van der Waals surface area contributed by atoms with E-state index in [2.05, 4.69) is 31.6 Å². The summed E-state index contributed by atoms with van der Waals surface area (Å²) < 4.78 is 31.9. The third-order valence-corrected chi connectivity index (χ3v) is 13.1. The van der Waals surface area contributed by atoms with Gasteiger partial charge in [0.1, 0.15) is 30.3 Å². The van der Waals surface area contributed by atoms with Crippen molar-refractivity contribution in [2.45, 2.75) is 136 Å². The number of primary amides is 1. The Balaban J connectivity index is 1.66. The van der Waals surface area contributed by atoms with Gasteiger partial charge in [0.2, 0.25) is 41.4 Å². The van der Waals surface area contributed by atoms with E-state index in [0.29, 0.717) is 37.1 Å². The molecule has 0 aliphatic heterocycles. The number of unbranched alkanes of at least 4 members (excludes halogenated alkanes) is 1. The van der Waals surface area contributed by atoms with Crippen LogP contribution in [0.15, 0.2) is 85.3 Å². The molecule has 22 heteroatoms. The number of aromatic nitrogens is 2. The average molecular weight is 1100 g/mol. The Bertz CT molecular complexity index is 2740. The largest absolute Gasteiger partial charge is 0.387 e. The summed E-state index contributed by atoms with van der Waals surface area (Å²) in [6.07, 6.45) is 4.83. The highest BCUT2D eigenvalue weighted by Crippen LogP contribution is 2.41. The Labute approximate surface area is 459 Å². The molecule has 0 bridgehead atoms. The number of nitrogens with two attached hydrogens (primary N) is 2. The second-order valence-corrected chi connectivity index (χ2v) is 20.8. The maximum Gasteiger partial charge on any atom is 0.248 e. The quantitative estimate of drug-likeness (QED) is 0.0326. The molecular weight excluding hydrogens is 1020 g/mol. The number of nitrogens with one attached hydrogen (secondary N) is 5. The van der Waals surface area contributed by atoms with E-state index in [1.165, 1.54) is 38.1 Å². The van der Waals surface area contributed by atoms with E-state index in [-0.39, 0.29) is 68.6 Å². The average Bonchev–Trinajstić information content (AvgIpc) is 3.91. The number of Topliss-reactive ketones (excluding diaryl/α,β-unsaturated/α-hetero) is 2. The minimum absolute atomic E-state index is 0.0217. The maximum atomic E-state index is 15.4. The molecule has 2 heterocycles. The number of hydrogen-bond donors (Lipinski definition) is 8. The van der Waals surface area contributed by atoms with Crippen molar-refractivity contribution in [3.05, 3.63) is 114 Å². The molecule has 0 unspecified atom stereocenters. The topological polar surface area (TPSA) is 307 Å². The number of aliphatic hydroxyl groups is 1. The molecule has 7 amide bonds. The van der Waals surface area contributed by atoms with Crippen LogP contribution in [0.2, 0.25) is 0 Å². The second kappa shape index (κ2) is 31.0. The Kier molecular flexibility index (Phi) is 25.1. The molecule has 0 spiro atoms. The van der Waals surface area contributed by atoms with Crippen molar-refractivity contribution >= 4 is 52.9 Å².